The molecule has 4 heteroatoms. The van der Waals surface area contributed by atoms with Crippen LogP contribution in [-0.2, 0) is 6.42 Å². The molecule has 0 atom stereocenters. The molecule has 0 fully saturated rings. The van der Waals surface area contributed by atoms with Crippen LogP contribution in [0.3, 0.4) is 0 Å². The number of rotatable bonds is 1. The number of aryl methyl sites for hydroxylation is 3. The molecule has 0 saturated carbocycles. The molecule has 1 aliphatic rings. The highest BCUT2D eigenvalue weighted by Crippen LogP contribution is 2.39. The third kappa shape index (κ3) is 2.43. The standard InChI is InChI=1S/C20H18ClNOS/c1-12-8-9-15-14(11-12)6-4-10-22(15)20(23)19-18(21)17-13(2)5-3-7-16(17)24-19/h3,5,7-9,11H,4,6,10H2,1-2H3. The molecular weight excluding hydrogens is 338 g/mol. The number of amides is 1. The fraction of sp³-hybridized carbons (Fsp3) is 0.250. The van der Waals surface area contributed by atoms with E-state index in [0.29, 0.717) is 9.90 Å². The summed E-state index contributed by atoms with van der Waals surface area (Å²) in [6, 6.07) is 12.4. The van der Waals surface area contributed by atoms with Gasteiger partial charge in [-0.15, -0.1) is 11.3 Å². The third-order valence-electron chi connectivity index (χ3n) is 4.66. The van der Waals surface area contributed by atoms with Gasteiger partial charge in [-0.25, -0.2) is 0 Å². The summed E-state index contributed by atoms with van der Waals surface area (Å²) in [6.45, 7) is 4.87. The molecule has 0 spiro atoms. The maximum absolute atomic E-state index is 13.2. The number of carbonyl (C=O) groups excluding carboxylic acids is 1. The summed E-state index contributed by atoms with van der Waals surface area (Å²) in [7, 11) is 0. The van der Waals surface area contributed by atoms with Gasteiger partial charge in [0.2, 0.25) is 0 Å². The van der Waals surface area contributed by atoms with Crippen LogP contribution in [0.5, 0.6) is 0 Å². The first-order valence-electron chi connectivity index (χ1n) is 8.15. The van der Waals surface area contributed by atoms with Crippen LogP contribution < -0.4 is 4.90 Å². The Labute approximate surface area is 150 Å². The molecule has 0 radical (unpaired) electrons. The molecule has 1 amide bonds. The van der Waals surface area contributed by atoms with Gasteiger partial charge in [0.1, 0.15) is 4.88 Å². The summed E-state index contributed by atoms with van der Waals surface area (Å²) in [4.78, 5) is 15.7. The second kappa shape index (κ2) is 5.91. The van der Waals surface area contributed by atoms with Gasteiger partial charge in [0.15, 0.2) is 0 Å². The van der Waals surface area contributed by atoms with Gasteiger partial charge >= 0.3 is 0 Å². The Balaban J connectivity index is 1.81. The number of thiophene rings is 1. The van der Waals surface area contributed by atoms with Crippen molar-refractivity contribution in [2.24, 2.45) is 0 Å². The average molecular weight is 356 g/mol. The van der Waals surface area contributed by atoms with Crippen molar-refractivity contribution in [1.82, 2.24) is 0 Å². The van der Waals surface area contributed by atoms with Gasteiger partial charge in [-0.3, -0.25) is 4.79 Å². The SMILES string of the molecule is Cc1ccc2c(c1)CCCN2C(=O)c1sc2cccc(C)c2c1Cl. The number of anilines is 1. The average Bonchev–Trinajstić information content (AvgIpc) is 2.91. The molecule has 3 aromatic rings. The largest absolute Gasteiger partial charge is 0.307 e. The number of fused-ring (bicyclic) bond motifs is 2. The first-order valence-corrected chi connectivity index (χ1v) is 9.34. The fourth-order valence-corrected chi connectivity index (χ4v) is 5.10. The van der Waals surface area contributed by atoms with E-state index in [2.05, 4.69) is 25.1 Å². The van der Waals surface area contributed by atoms with Crippen molar-refractivity contribution in [2.75, 3.05) is 11.4 Å². The fourth-order valence-electron chi connectivity index (χ4n) is 3.47. The van der Waals surface area contributed by atoms with Crippen molar-refractivity contribution in [2.45, 2.75) is 26.7 Å². The molecular formula is C20H18ClNOS. The molecule has 122 valence electrons. The summed E-state index contributed by atoms with van der Waals surface area (Å²) >= 11 is 8.09. The lowest BCUT2D eigenvalue weighted by Gasteiger charge is -2.29. The highest BCUT2D eigenvalue weighted by atomic mass is 35.5. The molecule has 2 nitrogen and oxygen atoms in total. The van der Waals surface area contributed by atoms with Gasteiger partial charge in [0.25, 0.3) is 5.91 Å². The maximum Gasteiger partial charge on any atom is 0.269 e. The summed E-state index contributed by atoms with van der Waals surface area (Å²) < 4.78 is 1.07. The Morgan fingerprint density at radius 2 is 2.04 bits per heavy atom. The van der Waals surface area contributed by atoms with Gasteiger partial charge in [-0.1, -0.05) is 41.4 Å². The van der Waals surface area contributed by atoms with E-state index in [-0.39, 0.29) is 5.91 Å². The van der Waals surface area contributed by atoms with Crippen LogP contribution in [-0.4, -0.2) is 12.5 Å². The molecule has 1 aromatic heterocycles. The van der Waals surface area contributed by atoms with Crippen LogP contribution in [0, 0.1) is 13.8 Å². The lowest BCUT2D eigenvalue weighted by molar-refractivity contribution is 0.0989. The molecule has 0 aliphatic carbocycles. The quantitative estimate of drug-likeness (QED) is 0.543. The van der Waals surface area contributed by atoms with Crippen molar-refractivity contribution in [3.63, 3.8) is 0 Å². The van der Waals surface area contributed by atoms with E-state index in [1.54, 1.807) is 0 Å². The number of hydrogen-bond acceptors (Lipinski definition) is 2. The molecule has 0 saturated heterocycles. The Bertz CT molecular complexity index is 960. The van der Waals surface area contributed by atoms with E-state index in [1.807, 2.05) is 30.0 Å². The van der Waals surface area contributed by atoms with Gasteiger partial charge in [0, 0.05) is 22.3 Å². The molecule has 2 heterocycles. The van der Waals surface area contributed by atoms with E-state index in [4.69, 9.17) is 11.6 Å². The molecule has 24 heavy (non-hydrogen) atoms. The van der Waals surface area contributed by atoms with E-state index < -0.39 is 0 Å². The third-order valence-corrected chi connectivity index (χ3v) is 6.29. The summed E-state index contributed by atoms with van der Waals surface area (Å²) in [5, 5.41) is 1.60. The van der Waals surface area contributed by atoms with Crippen molar-refractivity contribution in [1.29, 1.82) is 0 Å². The Morgan fingerprint density at radius 3 is 2.83 bits per heavy atom. The van der Waals surface area contributed by atoms with Crippen molar-refractivity contribution >= 4 is 44.6 Å². The van der Waals surface area contributed by atoms with Crippen LogP contribution in [0.2, 0.25) is 5.02 Å². The normalized spacial score (nSPS) is 14.0. The van der Waals surface area contributed by atoms with Crippen molar-refractivity contribution < 1.29 is 4.79 Å². The smallest absolute Gasteiger partial charge is 0.269 e. The predicted octanol–water partition coefficient (Wildman–Crippen LogP) is 5.76. The molecule has 1 aliphatic heterocycles. The Hall–Kier alpha value is -1.84. The molecule has 0 N–H and O–H groups in total. The molecule has 4 rings (SSSR count). The van der Waals surface area contributed by atoms with Gasteiger partial charge < -0.3 is 4.90 Å². The molecule has 0 bridgehead atoms. The van der Waals surface area contributed by atoms with Crippen LogP contribution in [0.4, 0.5) is 5.69 Å². The zero-order valence-corrected chi connectivity index (χ0v) is 15.3. The minimum Gasteiger partial charge on any atom is -0.307 e. The monoisotopic (exact) mass is 355 g/mol. The summed E-state index contributed by atoms with van der Waals surface area (Å²) in [5.41, 5.74) is 4.63. The van der Waals surface area contributed by atoms with Crippen molar-refractivity contribution in [3.05, 3.63) is 63.0 Å². The van der Waals surface area contributed by atoms with Gasteiger partial charge in [0.05, 0.1) is 5.02 Å². The molecule has 0 unspecified atom stereocenters. The first kappa shape index (κ1) is 15.7. The van der Waals surface area contributed by atoms with Gasteiger partial charge in [-0.2, -0.15) is 0 Å². The lowest BCUT2D eigenvalue weighted by atomic mass is 9.99. The number of hydrogen-bond donors (Lipinski definition) is 0. The number of nitrogens with zero attached hydrogens (tertiary/aromatic N) is 1. The number of carbonyl (C=O) groups is 1. The molecule has 2 aromatic carbocycles. The lowest BCUT2D eigenvalue weighted by Crippen LogP contribution is -2.35. The zero-order valence-electron chi connectivity index (χ0n) is 13.7. The van der Waals surface area contributed by atoms with Crippen LogP contribution in [0.1, 0.15) is 32.8 Å². The van der Waals surface area contributed by atoms with Crippen LogP contribution in [0.25, 0.3) is 10.1 Å². The second-order valence-electron chi connectivity index (χ2n) is 6.39. The van der Waals surface area contributed by atoms with E-state index in [0.717, 1.165) is 40.7 Å². The number of halogens is 1. The van der Waals surface area contributed by atoms with E-state index in [9.17, 15) is 4.79 Å². The summed E-state index contributed by atoms with van der Waals surface area (Å²) in [6.07, 6.45) is 2.02. The van der Waals surface area contributed by atoms with Crippen LogP contribution in [0.15, 0.2) is 36.4 Å². The first-order chi connectivity index (χ1) is 11.6. The number of benzene rings is 2. The highest BCUT2D eigenvalue weighted by molar-refractivity contribution is 7.21. The Kier molecular flexibility index (Phi) is 3.86. The Morgan fingerprint density at radius 1 is 1.21 bits per heavy atom. The minimum absolute atomic E-state index is 0.0189. The maximum atomic E-state index is 13.2. The van der Waals surface area contributed by atoms with Crippen LogP contribution >= 0.6 is 22.9 Å². The second-order valence-corrected chi connectivity index (χ2v) is 7.82. The highest BCUT2D eigenvalue weighted by Gasteiger charge is 2.27. The van der Waals surface area contributed by atoms with E-state index in [1.165, 1.54) is 22.5 Å². The zero-order chi connectivity index (χ0) is 16.8. The van der Waals surface area contributed by atoms with E-state index >= 15 is 0 Å². The van der Waals surface area contributed by atoms with Gasteiger partial charge in [-0.05, 0) is 49.9 Å². The predicted molar refractivity (Wildman–Crippen MR) is 103 cm³/mol. The topological polar surface area (TPSA) is 20.3 Å². The summed E-state index contributed by atoms with van der Waals surface area (Å²) in [5.74, 6) is 0.0189. The van der Waals surface area contributed by atoms with Crippen molar-refractivity contribution in [3.8, 4) is 0 Å². The minimum atomic E-state index is 0.0189.